The summed E-state index contributed by atoms with van der Waals surface area (Å²) in [4.78, 5) is 8.35. The molecule has 4 heteroatoms. The third-order valence-corrected chi connectivity index (χ3v) is 3.03. The van der Waals surface area contributed by atoms with Crippen molar-refractivity contribution in [1.29, 1.82) is 0 Å². The van der Waals surface area contributed by atoms with Gasteiger partial charge in [-0.2, -0.15) is 0 Å². The van der Waals surface area contributed by atoms with E-state index >= 15 is 0 Å². The number of nitrogens with two attached hydrogens (primary N) is 1. The number of ether oxygens (including phenoxy) is 1. The van der Waals surface area contributed by atoms with E-state index in [1.54, 1.807) is 6.20 Å². The van der Waals surface area contributed by atoms with Crippen LogP contribution in [-0.2, 0) is 0 Å². The summed E-state index contributed by atoms with van der Waals surface area (Å²) in [6, 6.07) is 2.44. The quantitative estimate of drug-likeness (QED) is 0.774. The SMILES string of the molecule is Cc1ccnc(OC2CCCCCC2N)n1. The van der Waals surface area contributed by atoms with Gasteiger partial charge in [0.15, 0.2) is 0 Å². The first-order valence-electron chi connectivity index (χ1n) is 5.97. The van der Waals surface area contributed by atoms with Crippen molar-refractivity contribution in [3.05, 3.63) is 18.0 Å². The average Bonchev–Trinajstić information content (AvgIpc) is 2.45. The van der Waals surface area contributed by atoms with E-state index in [9.17, 15) is 0 Å². The Balaban J connectivity index is 2.02. The van der Waals surface area contributed by atoms with E-state index in [1.165, 1.54) is 19.3 Å². The van der Waals surface area contributed by atoms with Gasteiger partial charge in [0.05, 0.1) is 0 Å². The van der Waals surface area contributed by atoms with Crippen LogP contribution in [0.25, 0.3) is 0 Å². The van der Waals surface area contributed by atoms with Crippen LogP contribution >= 0.6 is 0 Å². The Morgan fingerprint density at radius 2 is 2.12 bits per heavy atom. The molecule has 4 nitrogen and oxygen atoms in total. The molecule has 0 spiro atoms. The number of aryl methyl sites for hydroxylation is 1. The first kappa shape index (κ1) is 11.3. The Labute approximate surface area is 96.2 Å². The summed E-state index contributed by atoms with van der Waals surface area (Å²) in [5, 5.41) is 0. The molecule has 0 aliphatic heterocycles. The standard InChI is InChI=1S/C12H19N3O/c1-9-7-8-14-12(15-9)16-11-6-4-2-3-5-10(11)13/h7-8,10-11H,2-6,13H2,1H3. The first-order chi connectivity index (χ1) is 7.75. The summed E-state index contributed by atoms with van der Waals surface area (Å²) < 4.78 is 5.78. The highest BCUT2D eigenvalue weighted by Crippen LogP contribution is 2.20. The van der Waals surface area contributed by atoms with Crippen LogP contribution in [0.1, 0.15) is 37.8 Å². The number of hydrogen-bond donors (Lipinski definition) is 1. The van der Waals surface area contributed by atoms with Gasteiger partial charge in [-0.15, -0.1) is 0 Å². The highest BCUT2D eigenvalue weighted by atomic mass is 16.5. The van der Waals surface area contributed by atoms with Crippen molar-refractivity contribution in [2.75, 3.05) is 0 Å². The van der Waals surface area contributed by atoms with E-state index in [1.807, 2.05) is 13.0 Å². The van der Waals surface area contributed by atoms with Gasteiger partial charge in [0, 0.05) is 17.9 Å². The van der Waals surface area contributed by atoms with E-state index in [4.69, 9.17) is 10.5 Å². The molecule has 1 heterocycles. The fourth-order valence-electron chi connectivity index (χ4n) is 2.07. The van der Waals surface area contributed by atoms with Crippen LogP contribution in [0.2, 0.25) is 0 Å². The van der Waals surface area contributed by atoms with E-state index in [0.29, 0.717) is 6.01 Å². The molecular formula is C12H19N3O. The summed E-state index contributed by atoms with van der Waals surface area (Å²) in [5.74, 6) is 0. The van der Waals surface area contributed by atoms with Crippen LogP contribution in [0.15, 0.2) is 12.3 Å². The smallest absolute Gasteiger partial charge is 0.316 e. The lowest BCUT2D eigenvalue weighted by molar-refractivity contribution is 0.148. The van der Waals surface area contributed by atoms with Gasteiger partial charge in [-0.1, -0.05) is 12.8 Å². The monoisotopic (exact) mass is 221 g/mol. The van der Waals surface area contributed by atoms with Crippen LogP contribution in [0, 0.1) is 6.92 Å². The molecule has 88 valence electrons. The zero-order valence-corrected chi connectivity index (χ0v) is 9.72. The van der Waals surface area contributed by atoms with Crippen LogP contribution in [0.4, 0.5) is 0 Å². The molecule has 2 unspecified atom stereocenters. The average molecular weight is 221 g/mol. The van der Waals surface area contributed by atoms with E-state index in [0.717, 1.165) is 18.5 Å². The van der Waals surface area contributed by atoms with Crippen molar-refractivity contribution < 1.29 is 4.74 Å². The lowest BCUT2D eigenvalue weighted by atomic mass is 10.1. The van der Waals surface area contributed by atoms with Crippen molar-refractivity contribution >= 4 is 0 Å². The molecular weight excluding hydrogens is 202 g/mol. The minimum atomic E-state index is 0.0734. The van der Waals surface area contributed by atoms with Gasteiger partial charge < -0.3 is 10.5 Å². The normalized spacial score (nSPS) is 26.1. The third-order valence-electron chi connectivity index (χ3n) is 3.03. The molecule has 1 fully saturated rings. The summed E-state index contributed by atoms with van der Waals surface area (Å²) in [5.41, 5.74) is 7.01. The van der Waals surface area contributed by atoms with Crippen molar-refractivity contribution in [2.45, 2.75) is 51.2 Å². The number of aromatic nitrogens is 2. The molecule has 2 rings (SSSR count). The molecule has 1 aliphatic rings. The lowest BCUT2D eigenvalue weighted by Gasteiger charge is -2.21. The fourth-order valence-corrected chi connectivity index (χ4v) is 2.07. The highest BCUT2D eigenvalue weighted by Gasteiger charge is 2.22. The van der Waals surface area contributed by atoms with Crippen molar-refractivity contribution in [3.8, 4) is 6.01 Å². The molecule has 1 saturated carbocycles. The van der Waals surface area contributed by atoms with Crippen LogP contribution in [-0.4, -0.2) is 22.1 Å². The van der Waals surface area contributed by atoms with Crippen LogP contribution < -0.4 is 10.5 Å². The zero-order chi connectivity index (χ0) is 11.4. The first-order valence-corrected chi connectivity index (χ1v) is 5.97. The predicted molar refractivity (Wildman–Crippen MR) is 62.2 cm³/mol. The Kier molecular flexibility index (Phi) is 3.72. The predicted octanol–water partition coefficient (Wildman–Crippen LogP) is 1.82. The third kappa shape index (κ3) is 2.92. The van der Waals surface area contributed by atoms with Gasteiger partial charge in [-0.25, -0.2) is 9.97 Å². The van der Waals surface area contributed by atoms with Gasteiger partial charge in [0.1, 0.15) is 6.10 Å². The topological polar surface area (TPSA) is 61.0 Å². The minimum absolute atomic E-state index is 0.0734. The molecule has 2 atom stereocenters. The number of nitrogens with zero attached hydrogens (tertiary/aromatic N) is 2. The van der Waals surface area contributed by atoms with Gasteiger partial charge in [-0.05, 0) is 32.3 Å². The Morgan fingerprint density at radius 1 is 1.31 bits per heavy atom. The fraction of sp³-hybridized carbons (Fsp3) is 0.667. The molecule has 2 N–H and O–H groups in total. The Hall–Kier alpha value is -1.16. The minimum Gasteiger partial charge on any atom is -0.458 e. The second kappa shape index (κ2) is 5.25. The van der Waals surface area contributed by atoms with E-state index in [2.05, 4.69) is 9.97 Å². The van der Waals surface area contributed by atoms with E-state index < -0.39 is 0 Å². The molecule has 0 radical (unpaired) electrons. The van der Waals surface area contributed by atoms with Crippen LogP contribution in [0.5, 0.6) is 6.01 Å². The Morgan fingerprint density at radius 3 is 2.94 bits per heavy atom. The van der Waals surface area contributed by atoms with E-state index in [-0.39, 0.29) is 12.1 Å². The Bertz CT molecular complexity index is 343. The van der Waals surface area contributed by atoms with Gasteiger partial charge in [-0.3, -0.25) is 0 Å². The zero-order valence-electron chi connectivity index (χ0n) is 9.72. The highest BCUT2D eigenvalue weighted by molar-refractivity contribution is 5.03. The molecule has 0 bridgehead atoms. The van der Waals surface area contributed by atoms with Gasteiger partial charge >= 0.3 is 6.01 Å². The van der Waals surface area contributed by atoms with Gasteiger partial charge in [0.2, 0.25) is 0 Å². The summed E-state index contributed by atoms with van der Waals surface area (Å²) in [6.45, 7) is 1.93. The second-order valence-corrected chi connectivity index (χ2v) is 4.44. The molecule has 1 aromatic rings. The molecule has 1 aliphatic carbocycles. The molecule has 16 heavy (non-hydrogen) atoms. The summed E-state index contributed by atoms with van der Waals surface area (Å²) in [6.07, 6.45) is 7.49. The second-order valence-electron chi connectivity index (χ2n) is 4.44. The summed E-state index contributed by atoms with van der Waals surface area (Å²) >= 11 is 0. The molecule has 0 amide bonds. The molecule has 1 aromatic heterocycles. The van der Waals surface area contributed by atoms with Gasteiger partial charge in [0.25, 0.3) is 0 Å². The maximum Gasteiger partial charge on any atom is 0.316 e. The largest absolute Gasteiger partial charge is 0.458 e. The maximum absolute atomic E-state index is 6.08. The van der Waals surface area contributed by atoms with Crippen molar-refractivity contribution in [2.24, 2.45) is 5.73 Å². The van der Waals surface area contributed by atoms with Crippen molar-refractivity contribution in [3.63, 3.8) is 0 Å². The summed E-state index contributed by atoms with van der Waals surface area (Å²) in [7, 11) is 0. The lowest BCUT2D eigenvalue weighted by Crippen LogP contribution is -2.38. The van der Waals surface area contributed by atoms with Crippen molar-refractivity contribution in [1.82, 2.24) is 9.97 Å². The van der Waals surface area contributed by atoms with Crippen LogP contribution in [0.3, 0.4) is 0 Å². The molecule has 0 aromatic carbocycles. The molecule has 0 saturated heterocycles. The number of hydrogen-bond acceptors (Lipinski definition) is 4. The number of rotatable bonds is 2. The maximum atomic E-state index is 6.08.